The number of rotatable bonds is 7. The largest absolute Gasteiger partial charge is 0.355 e. The Bertz CT molecular complexity index is 528. The number of allylic oxidation sites excluding steroid dienone is 1. The Morgan fingerprint density at radius 1 is 1.32 bits per heavy atom. The summed E-state index contributed by atoms with van der Waals surface area (Å²) in [6, 6.07) is 6.68. The van der Waals surface area contributed by atoms with Gasteiger partial charge in [-0.1, -0.05) is 29.8 Å². The highest BCUT2D eigenvalue weighted by molar-refractivity contribution is 5.77. The minimum Gasteiger partial charge on any atom is -0.355 e. The molecule has 0 aromatic heterocycles. The number of benzene rings is 1. The van der Waals surface area contributed by atoms with E-state index in [-0.39, 0.29) is 18.3 Å². The second-order valence-corrected chi connectivity index (χ2v) is 5.97. The number of halogens is 1. The van der Waals surface area contributed by atoms with Crippen LogP contribution < -0.4 is 5.32 Å². The van der Waals surface area contributed by atoms with E-state index in [0.29, 0.717) is 18.7 Å². The third kappa shape index (κ3) is 5.60. The molecule has 3 nitrogen and oxygen atoms in total. The van der Waals surface area contributed by atoms with E-state index in [2.05, 4.69) is 11.4 Å². The van der Waals surface area contributed by atoms with Crippen LogP contribution in [0.4, 0.5) is 4.39 Å². The lowest BCUT2D eigenvalue weighted by molar-refractivity contribution is -0.122. The van der Waals surface area contributed by atoms with E-state index < -0.39 is 0 Å². The van der Waals surface area contributed by atoms with Crippen LogP contribution in [0.2, 0.25) is 0 Å². The number of carbonyl (C=O) groups excluding carboxylic acids is 1. The fourth-order valence-corrected chi connectivity index (χ4v) is 2.77. The number of hydrogen-bond donors (Lipinski definition) is 1. The Labute approximate surface area is 132 Å². The van der Waals surface area contributed by atoms with Crippen molar-refractivity contribution in [3.05, 3.63) is 47.3 Å². The van der Waals surface area contributed by atoms with Gasteiger partial charge in [0.2, 0.25) is 5.91 Å². The minimum atomic E-state index is -0.223. The molecule has 1 aromatic carbocycles. The molecule has 0 saturated heterocycles. The molecule has 1 amide bonds. The fraction of sp³-hybridized carbons (Fsp3) is 0.500. The first-order valence-electron chi connectivity index (χ1n) is 8.01. The van der Waals surface area contributed by atoms with Crippen LogP contribution in [0.15, 0.2) is 35.9 Å². The molecule has 0 saturated carbocycles. The van der Waals surface area contributed by atoms with Crippen molar-refractivity contribution in [3.63, 3.8) is 0 Å². The van der Waals surface area contributed by atoms with Crippen molar-refractivity contribution in [2.45, 2.75) is 38.6 Å². The van der Waals surface area contributed by atoms with Gasteiger partial charge >= 0.3 is 0 Å². The summed E-state index contributed by atoms with van der Waals surface area (Å²) >= 11 is 0. The smallest absolute Gasteiger partial charge is 0.234 e. The van der Waals surface area contributed by atoms with E-state index in [0.717, 1.165) is 6.42 Å². The molecule has 0 bridgehead atoms. The predicted octanol–water partition coefficient (Wildman–Crippen LogP) is 3.26. The van der Waals surface area contributed by atoms with Crippen LogP contribution in [-0.4, -0.2) is 30.9 Å². The minimum absolute atomic E-state index is 0.00440. The molecule has 0 radical (unpaired) electrons. The average Bonchev–Trinajstić information content (AvgIpc) is 2.50. The van der Waals surface area contributed by atoms with Crippen LogP contribution in [0, 0.1) is 5.82 Å². The summed E-state index contributed by atoms with van der Waals surface area (Å²) in [5, 5.41) is 2.95. The lowest BCUT2D eigenvalue weighted by Crippen LogP contribution is -2.35. The highest BCUT2D eigenvalue weighted by atomic mass is 19.1. The Hall–Kier alpha value is -1.68. The Kier molecular flexibility index (Phi) is 6.59. The van der Waals surface area contributed by atoms with Crippen LogP contribution >= 0.6 is 0 Å². The number of nitrogens with zero attached hydrogens (tertiary/aromatic N) is 1. The molecule has 0 spiro atoms. The molecule has 0 unspecified atom stereocenters. The summed E-state index contributed by atoms with van der Waals surface area (Å²) < 4.78 is 13.6. The van der Waals surface area contributed by atoms with Crippen LogP contribution in [-0.2, 0) is 11.3 Å². The quantitative estimate of drug-likeness (QED) is 0.784. The van der Waals surface area contributed by atoms with Gasteiger partial charge in [-0.2, -0.15) is 0 Å². The van der Waals surface area contributed by atoms with E-state index >= 15 is 0 Å². The van der Waals surface area contributed by atoms with Gasteiger partial charge < -0.3 is 5.32 Å². The highest BCUT2D eigenvalue weighted by Crippen LogP contribution is 2.19. The van der Waals surface area contributed by atoms with Crippen molar-refractivity contribution < 1.29 is 9.18 Å². The lowest BCUT2D eigenvalue weighted by Gasteiger charge is -2.17. The van der Waals surface area contributed by atoms with Gasteiger partial charge in [0.1, 0.15) is 5.82 Å². The Morgan fingerprint density at radius 3 is 2.86 bits per heavy atom. The molecule has 0 atom stereocenters. The summed E-state index contributed by atoms with van der Waals surface area (Å²) in [4.78, 5) is 13.7. The molecule has 4 heteroatoms. The molecular formula is C18H25FN2O. The zero-order valence-electron chi connectivity index (χ0n) is 13.3. The average molecular weight is 304 g/mol. The van der Waals surface area contributed by atoms with E-state index in [1.165, 1.54) is 37.3 Å². The molecule has 0 heterocycles. The van der Waals surface area contributed by atoms with Gasteiger partial charge in [0.25, 0.3) is 0 Å². The zero-order chi connectivity index (χ0) is 15.8. The second kappa shape index (κ2) is 8.69. The van der Waals surface area contributed by atoms with Crippen molar-refractivity contribution >= 4 is 5.91 Å². The normalized spacial score (nSPS) is 14.8. The van der Waals surface area contributed by atoms with Crippen molar-refractivity contribution in [1.82, 2.24) is 10.2 Å². The van der Waals surface area contributed by atoms with E-state index in [1.807, 2.05) is 18.0 Å². The summed E-state index contributed by atoms with van der Waals surface area (Å²) in [7, 11) is 1.83. The van der Waals surface area contributed by atoms with Crippen LogP contribution in [0.5, 0.6) is 0 Å². The van der Waals surface area contributed by atoms with Gasteiger partial charge in [0.05, 0.1) is 6.54 Å². The van der Waals surface area contributed by atoms with Gasteiger partial charge in [-0.3, -0.25) is 9.69 Å². The maximum atomic E-state index is 13.6. The topological polar surface area (TPSA) is 32.3 Å². The van der Waals surface area contributed by atoms with Gasteiger partial charge in [-0.25, -0.2) is 4.39 Å². The van der Waals surface area contributed by atoms with Crippen LogP contribution in [0.3, 0.4) is 0 Å². The molecule has 0 aliphatic heterocycles. The van der Waals surface area contributed by atoms with E-state index in [4.69, 9.17) is 0 Å². The first kappa shape index (κ1) is 16.7. The number of carbonyl (C=O) groups is 1. The maximum absolute atomic E-state index is 13.6. The second-order valence-electron chi connectivity index (χ2n) is 5.97. The molecule has 120 valence electrons. The third-order valence-electron chi connectivity index (χ3n) is 3.96. The predicted molar refractivity (Wildman–Crippen MR) is 86.9 cm³/mol. The van der Waals surface area contributed by atoms with Gasteiger partial charge in [0.15, 0.2) is 0 Å². The van der Waals surface area contributed by atoms with Crippen LogP contribution in [0.1, 0.15) is 37.7 Å². The molecule has 1 aromatic rings. The lowest BCUT2D eigenvalue weighted by atomic mass is 9.97. The van der Waals surface area contributed by atoms with Gasteiger partial charge in [-0.15, -0.1) is 0 Å². The van der Waals surface area contributed by atoms with Gasteiger partial charge in [-0.05, 0) is 45.2 Å². The van der Waals surface area contributed by atoms with Crippen molar-refractivity contribution in [3.8, 4) is 0 Å². The molecular weight excluding hydrogens is 279 g/mol. The summed E-state index contributed by atoms with van der Waals surface area (Å²) in [5.74, 6) is -0.228. The van der Waals surface area contributed by atoms with Crippen molar-refractivity contribution in [2.24, 2.45) is 0 Å². The number of hydrogen-bond acceptors (Lipinski definition) is 2. The summed E-state index contributed by atoms with van der Waals surface area (Å²) in [6.07, 6.45) is 8.16. The zero-order valence-corrected chi connectivity index (χ0v) is 13.3. The maximum Gasteiger partial charge on any atom is 0.234 e. The summed E-state index contributed by atoms with van der Waals surface area (Å²) in [6.45, 7) is 1.41. The van der Waals surface area contributed by atoms with E-state index in [1.54, 1.807) is 12.1 Å². The molecule has 22 heavy (non-hydrogen) atoms. The molecule has 0 fully saturated rings. The van der Waals surface area contributed by atoms with Crippen molar-refractivity contribution in [1.29, 1.82) is 0 Å². The third-order valence-corrected chi connectivity index (χ3v) is 3.96. The summed E-state index contributed by atoms with van der Waals surface area (Å²) in [5.41, 5.74) is 2.08. The van der Waals surface area contributed by atoms with E-state index in [9.17, 15) is 9.18 Å². The first-order chi connectivity index (χ1) is 10.6. The molecule has 2 rings (SSSR count). The SMILES string of the molecule is CN(CC(=O)NCCC1=CCCCC1)Cc1ccccc1F. The molecule has 1 aliphatic rings. The monoisotopic (exact) mass is 304 g/mol. The molecule has 1 aliphatic carbocycles. The number of amides is 1. The number of likely N-dealkylation sites (N-methyl/N-ethyl adjacent to an activating group) is 1. The van der Waals surface area contributed by atoms with Crippen LogP contribution in [0.25, 0.3) is 0 Å². The van der Waals surface area contributed by atoms with Crippen molar-refractivity contribution in [2.75, 3.05) is 20.1 Å². The molecule has 1 N–H and O–H groups in total. The first-order valence-corrected chi connectivity index (χ1v) is 8.01. The number of nitrogens with one attached hydrogen (secondary N) is 1. The standard InChI is InChI=1S/C18H25FN2O/c1-21(13-16-9-5-6-10-17(16)19)14-18(22)20-12-11-15-7-3-2-4-8-15/h5-7,9-10H,2-4,8,11-14H2,1H3,(H,20,22). The fourth-order valence-electron chi connectivity index (χ4n) is 2.77. The Morgan fingerprint density at radius 2 is 2.14 bits per heavy atom. The Balaban J connectivity index is 1.68. The highest BCUT2D eigenvalue weighted by Gasteiger charge is 2.10. The van der Waals surface area contributed by atoms with Gasteiger partial charge in [0, 0.05) is 18.7 Å².